The lowest BCUT2D eigenvalue weighted by atomic mass is 9.42. The predicted molar refractivity (Wildman–Crippen MR) is 314 cm³/mol. The van der Waals surface area contributed by atoms with Crippen molar-refractivity contribution in [1.29, 1.82) is 0 Å². The minimum absolute atomic E-state index is 0.139. The summed E-state index contributed by atoms with van der Waals surface area (Å²) in [5.74, 6) is 0. The number of fused-ring (bicyclic) bond motifs is 8. The molecule has 2 aliphatic rings. The van der Waals surface area contributed by atoms with Crippen molar-refractivity contribution in [2.75, 3.05) is 14.6 Å². The van der Waals surface area contributed by atoms with Crippen molar-refractivity contribution in [3.8, 4) is 22.3 Å². The number of para-hydroxylation sites is 1. The number of unbranched alkanes of at least 4 members (excludes halogenated alkanes) is 3. The van der Waals surface area contributed by atoms with Crippen LogP contribution in [0.1, 0.15) is 81.5 Å². The highest BCUT2D eigenvalue weighted by molar-refractivity contribution is 7.26. The van der Waals surface area contributed by atoms with E-state index in [1.54, 1.807) is 0 Å². The molecule has 72 heavy (non-hydrogen) atoms. The largest absolute Gasteiger partial charge is 0.376 e. The maximum atomic E-state index is 2.72. The molecule has 0 spiro atoms. The smallest absolute Gasteiger partial charge is 0.333 e. The number of aryl methyl sites for hydroxylation is 4. The van der Waals surface area contributed by atoms with Gasteiger partial charge in [-0.2, -0.15) is 0 Å². The highest BCUT2D eigenvalue weighted by Crippen LogP contribution is 2.52. The number of hydrogen-bond acceptors (Lipinski definition) is 4. The van der Waals surface area contributed by atoms with Gasteiger partial charge in [0.05, 0.1) is 5.69 Å². The van der Waals surface area contributed by atoms with Gasteiger partial charge in [-0.1, -0.05) is 149 Å². The van der Waals surface area contributed by atoms with E-state index in [4.69, 9.17) is 0 Å². The maximum absolute atomic E-state index is 2.72. The lowest BCUT2D eigenvalue weighted by Gasteiger charge is -2.46. The van der Waals surface area contributed by atoms with Gasteiger partial charge in [-0.25, -0.2) is 0 Å². The van der Waals surface area contributed by atoms with Crippen molar-refractivity contribution in [2.45, 2.75) is 85.5 Å². The lowest BCUT2D eigenvalue weighted by molar-refractivity contribution is 0.795. The minimum atomic E-state index is -0.139. The molecule has 0 saturated heterocycles. The van der Waals surface area contributed by atoms with E-state index in [-0.39, 0.29) is 6.85 Å². The van der Waals surface area contributed by atoms with Crippen LogP contribution in [0.5, 0.6) is 0 Å². The molecule has 0 atom stereocenters. The van der Waals surface area contributed by atoms with E-state index < -0.39 is 0 Å². The predicted octanol–water partition coefficient (Wildman–Crippen LogP) is 18.2. The first kappa shape index (κ1) is 45.8. The summed E-state index contributed by atoms with van der Waals surface area (Å²) in [5, 5.41) is 2.66. The summed E-state index contributed by atoms with van der Waals surface area (Å²) in [6.45, 7) is 9.00. The first-order valence-corrected chi connectivity index (χ1v) is 27.4. The number of anilines is 8. The Morgan fingerprint density at radius 3 is 1.78 bits per heavy atom. The third-order valence-corrected chi connectivity index (χ3v) is 16.3. The molecule has 12 rings (SSSR count). The summed E-state index contributed by atoms with van der Waals surface area (Å²) in [4.78, 5) is 7.81. The molecule has 354 valence electrons. The summed E-state index contributed by atoms with van der Waals surface area (Å²) in [6.07, 6.45) is 10.3. The van der Waals surface area contributed by atoms with Gasteiger partial charge < -0.3 is 14.6 Å². The van der Waals surface area contributed by atoms with Gasteiger partial charge in [-0.15, -0.1) is 11.3 Å². The molecule has 0 radical (unpaired) electrons. The van der Waals surface area contributed by atoms with E-state index >= 15 is 0 Å². The van der Waals surface area contributed by atoms with Crippen LogP contribution < -0.4 is 25.5 Å². The van der Waals surface area contributed by atoms with Gasteiger partial charge in [0.15, 0.2) is 0 Å². The quantitative estimate of drug-likeness (QED) is 0.0948. The first-order valence-electron chi connectivity index (χ1n) is 26.5. The fourth-order valence-electron chi connectivity index (χ4n) is 11.7. The molecular formula is C67H62BN3S. The third-order valence-electron chi connectivity index (χ3n) is 15.2. The topological polar surface area (TPSA) is 9.72 Å². The molecule has 0 aliphatic carbocycles. The van der Waals surface area contributed by atoms with Gasteiger partial charge >= 0.3 is 6.85 Å². The Labute approximate surface area is 431 Å². The third kappa shape index (κ3) is 8.18. The summed E-state index contributed by atoms with van der Waals surface area (Å²) in [5.41, 5.74) is 22.7. The van der Waals surface area contributed by atoms with Crippen LogP contribution in [-0.4, -0.2) is 6.85 Å². The van der Waals surface area contributed by atoms with E-state index in [9.17, 15) is 0 Å². The zero-order valence-corrected chi connectivity index (χ0v) is 43.0. The second-order valence-electron chi connectivity index (χ2n) is 20.1. The monoisotopic (exact) mass is 951 g/mol. The van der Waals surface area contributed by atoms with E-state index in [0.717, 1.165) is 36.3 Å². The van der Waals surface area contributed by atoms with Crippen molar-refractivity contribution in [1.82, 2.24) is 0 Å². The van der Waals surface area contributed by atoms with Crippen molar-refractivity contribution in [2.24, 2.45) is 0 Å². The molecule has 1 aromatic heterocycles. The van der Waals surface area contributed by atoms with Crippen molar-refractivity contribution in [3.05, 3.63) is 216 Å². The Bertz CT molecular complexity index is 3560. The molecule has 3 heterocycles. The SMILES string of the molecule is CCCCc1ccc(N2B3c4c(cc(C)cc4N(c4ccc(CCCC)cc4-c4ccccc4)c4ccc5sc6ccccc6c5c43)-c3ccc(N(c4ccccc4)c4ccc(CCCC)cc4)cc32)cc1. The molecular weight excluding hydrogens is 890 g/mol. The number of nitrogens with zero attached hydrogens (tertiary/aromatic N) is 3. The van der Waals surface area contributed by atoms with Gasteiger partial charge in [0, 0.05) is 60.3 Å². The van der Waals surface area contributed by atoms with Gasteiger partial charge in [-0.05, 0) is 185 Å². The summed E-state index contributed by atoms with van der Waals surface area (Å²) >= 11 is 1.91. The zero-order valence-electron chi connectivity index (χ0n) is 42.2. The van der Waals surface area contributed by atoms with Gasteiger partial charge in [0.25, 0.3) is 0 Å². The fourth-order valence-corrected chi connectivity index (χ4v) is 12.8. The van der Waals surface area contributed by atoms with Gasteiger partial charge in [0.1, 0.15) is 0 Å². The van der Waals surface area contributed by atoms with Crippen LogP contribution in [0, 0.1) is 6.92 Å². The highest BCUT2D eigenvalue weighted by atomic mass is 32.1. The molecule has 0 unspecified atom stereocenters. The Morgan fingerprint density at radius 1 is 0.444 bits per heavy atom. The second-order valence-corrected chi connectivity index (χ2v) is 21.1. The average molecular weight is 952 g/mol. The zero-order chi connectivity index (χ0) is 48.7. The van der Waals surface area contributed by atoms with E-state index in [1.165, 1.54) is 143 Å². The molecule has 0 bridgehead atoms. The average Bonchev–Trinajstić information content (AvgIpc) is 3.82. The van der Waals surface area contributed by atoms with E-state index in [2.05, 4.69) is 236 Å². The summed E-state index contributed by atoms with van der Waals surface area (Å²) in [7, 11) is 0. The molecule has 2 aliphatic heterocycles. The number of hydrogen-bond donors (Lipinski definition) is 0. The van der Waals surface area contributed by atoms with Gasteiger partial charge in [-0.3, -0.25) is 0 Å². The first-order chi connectivity index (χ1) is 35.5. The van der Waals surface area contributed by atoms with Crippen LogP contribution in [-0.2, 0) is 19.3 Å². The molecule has 9 aromatic carbocycles. The van der Waals surface area contributed by atoms with Crippen molar-refractivity contribution in [3.63, 3.8) is 0 Å². The van der Waals surface area contributed by atoms with E-state index in [0.29, 0.717) is 0 Å². The Balaban J connectivity index is 1.16. The minimum Gasteiger partial charge on any atom is -0.376 e. The number of thiophene rings is 1. The lowest BCUT2D eigenvalue weighted by Crippen LogP contribution is -2.61. The molecule has 0 saturated carbocycles. The van der Waals surface area contributed by atoms with Gasteiger partial charge in [0.2, 0.25) is 0 Å². The van der Waals surface area contributed by atoms with Crippen LogP contribution in [0.4, 0.5) is 45.5 Å². The summed E-state index contributed by atoms with van der Waals surface area (Å²) < 4.78 is 2.63. The fraction of sp³-hybridized carbons (Fsp3) is 0.194. The van der Waals surface area contributed by atoms with Crippen LogP contribution in [0.3, 0.4) is 0 Å². The molecule has 0 N–H and O–H groups in total. The van der Waals surface area contributed by atoms with Crippen molar-refractivity contribution >= 4 is 94.8 Å². The molecule has 0 fully saturated rings. The van der Waals surface area contributed by atoms with Crippen LogP contribution in [0.2, 0.25) is 0 Å². The number of benzene rings is 9. The van der Waals surface area contributed by atoms with Crippen LogP contribution in [0.15, 0.2) is 194 Å². The normalized spacial score (nSPS) is 12.6. The van der Waals surface area contributed by atoms with Crippen molar-refractivity contribution < 1.29 is 0 Å². The Hall–Kier alpha value is -7.34. The summed E-state index contributed by atoms with van der Waals surface area (Å²) in [6, 6.07) is 74.3. The molecule has 3 nitrogen and oxygen atoms in total. The number of rotatable bonds is 15. The maximum Gasteiger partial charge on any atom is 0.333 e. The molecule has 0 amide bonds. The highest BCUT2D eigenvalue weighted by Gasteiger charge is 2.47. The molecule has 5 heteroatoms. The Kier molecular flexibility index (Phi) is 12.5. The van der Waals surface area contributed by atoms with Crippen LogP contribution in [0.25, 0.3) is 42.4 Å². The molecule has 10 aromatic rings. The standard InChI is InChI=1S/C67H62BN3S/c1-5-8-19-47-28-33-52(34-29-47)69(51-24-15-12-16-25-51)54-37-38-55-58-42-46(4)43-62-66(58)68(71(61(55)45-54)53-35-30-48(31-36-53)20-9-6-2)67-60(40-41-64-65(67)56-26-17-18-27-63(56)72-64)70(62)59-39-32-49(21-10-7-3)44-57(59)50-22-13-11-14-23-50/h11-18,22-45H,5-10,19-21H2,1-4H3. The Morgan fingerprint density at radius 2 is 1.06 bits per heavy atom. The van der Waals surface area contributed by atoms with Crippen LogP contribution >= 0.6 is 11.3 Å². The van der Waals surface area contributed by atoms with E-state index in [1.807, 2.05) is 11.3 Å². The second kappa shape index (κ2) is 19.7.